The number of hydrogen-bond acceptors (Lipinski definition) is 6. The highest BCUT2D eigenvalue weighted by molar-refractivity contribution is 6.01. The summed E-state index contributed by atoms with van der Waals surface area (Å²) in [6.07, 6.45) is -0.605. The number of likely N-dealkylation sites (tertiary alicyclic amines) is 1. The smallest absolute Gasteiger partial charge is 0.417 e. The number of nitrogens with zero attached hydrogens (tertiary/aromatic N) is 3. The third-order valence-corrected chi connectivity index (χ3v) is 5.29. The zero-order valence-electron chi connectivity index (χ0n) is 15.4. The standard InChI is InChI=1S/C21H17N3O5/c25-18-12-28-21(27)24(18)11-13-9-23(10-13)20(26)15-6-7-17-16(8-15)19(29-22-17)14-4-2-1-3-5-14/h1-8,13H,9-12H2. The Balaban J connectivity index is 1.31. The highest BCUT2D eigenvalue weighted by atomic mass is 16.6. The molecule has 8 heteroatoms. The number of fused-ring (bicyclic) bond motifs is 1. The Morgan fingerprint density at radius 3 is 2.62 bits per heavy atom. The molecule has 1 aromatic heterocycles. The predicted molar refractivity (Wildman–Crippen MR) is 102 cm³/mol. The Morgan fingerprint density at radius 2 is 1.90 bits per heavy atom. The number of hydrogen-bond donors (Lipinski definition) is 0. The van der Waals surface area contributed by atoms with Gasteiger partial charge in [-0.3, -0.25) is 9.59 Å². The van der Waals surface area contributed by atoms with Crippen LogP contribution in [0, 0.1) is 5.92 Å². The van der Waals surface area contributed by atoms with Gasteiger partial charge in [0, 0.05) is 36.7 Å². The molecule has 5 rings (SSSR count). The van der Waals surface area contributed by atoms with Crippen molar-refractivity contribution in [2.75, 3.05) is 26.2 Å². The SMILES string of the molecule is O=C(c1ccc2noc(-c3ccccc3)c2c1)N1CC(CN2C(=O)COC2=O)C1. The normalized spacial score (nSPS) is 17.0. The van der Waals surface area contributed by atoms with Crippen molar-refractivity contribution in [2.45, 2.75) is 0 Å². The Morgan fingerprint density at radius 1 is 1.10 bits per heavy atom. The number of carbonyl (C=O) groups is 3. The summed E-state index contributed by atoms with van der Waals surface area (Å²) >= 11 is 0. The van der Waals surface area contributed by atoms with Gasteiger partial charge in [-0.15, -0.1) is 0 Å². The van der Waals surface area contributed by atoms with Crippen LogP contribution in [0.15, 0.2) is 53.1 Å². The van der Waals surface area contributed by atoms with Gasteiger partial charge in [-0.05, 0) is 18.2 Å². The molecule has 0 atom stereocenters. The number of aromatic nitrogens is 1. The lowest BCUT2D eigenvalue weighted by Gasteiger charge is -2.40. The quantitative estimate of drug-likeness (QED) is 0.679. The number of imide groups is 1. The van der Waals surface area contributed by atoms with Crippen LogP contribution in [0.25, 0.3) is 22.2 Å². The third-order valence-electron chi connectivity index (χ3n) is 5.29. The highest BCUT2D eigenvalue weighted by Crippen LogP contribution is 2.30. The van der Waals surface area contributed by atoms with E-state index in [1.807, 2.05) is 30.3 Å². The summed E-state index contributed by atoms with van der Waals surface area (Å²) < 4.78 is 10.2. The number of ether oxygens (including phenoxy) is 1. The van der Waals surface area contributed by atoms with Crippen molar-refractivity contribution in [3.05, 3.63) is 54.1 Å². The molecule has 0 radical (unpaired) electrons. The summed E-state index contributed by atoms with van der Waals surface area (Å²) in [5, 5.41) is 4.86. The summed E-state index contributed by atoms with van der Waals surface area (Å²) in [6.45, 7) is 1.06. The predicted octanol–water partition coefficient (Wildman–Crippen LogP) is 2.55. The first-order valence-electron chi connectivity index (χ1n) is 9.31. The Labute approximate surface area is 165 Å². The van der Waals surface area contributed by atoms with Crippen LogP contribution >= 0.6 is 0 Å². The van der Waals surface area contributed by atoms with Crippen LogP contribution in [0.4, 0.5) is 4.79 Å². The van der Waals surface area contributed by atoms with E-state index in [-0.39, 0.29) is 30.9 Å². The van der Waals surface area contributed by atoms with Crippen LogP contribution < -0.4 is 0 Å². The van der Waals surface area contributed by atoms with Gasteiger partial charge in [-0.1, -0.05) is 35.5 Å². The molecule has 2 aromatic carbocycles. The monoisotopic (exact) mass is 391 g/mol. The molecular weight excluding hydrogens is 374 g/mol. The first-order valence-corrected chi connectivity index (χ1v) is 9.31. The van der Waals surface area contributed by atoms with E-state index < -0.39 is 6.09 Å². The Hall–Kier alpha value is -3.68. The number of benzene rings is 2. The molecule has 0 saturated carbocycles. The van der Waals surface area contributed by atoms with Gasteiger partial charge < -0.3 is 14.2 Å². The maximum atomic E-state index is 12.9. The fourth-order valence-electron chi connectivity index (χ4n) is 3.72. The maximum Gasteiger partial charge on any atom is 0.417 e. The van der Waals surface area contributed by atoms with Crippen LogP contribution in [0.2, 0.25) is 0 Å². The van der Waals surface area contributed by atoms with Gasteiger partial charge in [0.25, 0.3) is 11.8 Å². The van der Waals surface area contributed by atoms with E-state index in [1.54, 1.807) is 23.1 Å². The van der Waals surface area contributed by atoms with Crippen molar-refractivity contribution in [3.63, 3.8) is 0 Å². The van der Waals surface area contributed by atoms with E-state index in [2.05, 4.69) is 5.16 Å². The van der Waals surface area contributed by atoms with Crippen molar-refractivity contribution in [2.24, 2.45) is 5.92 Å². The molecule has 146 valence electrons. The van der Waals surface area contributed by atoms with Crippen molar-refractivity contribution in [3.8, 4) is 11.3 Å². The fraction of sp³-hybridized carbons (Fsp3) is 0.238. The van der Waals surface area contributed by atoms with Crippen LogP contribution in [0.5, 0.6) is 0 Å². The second kappa shape index (κ2) is 6.73. The molecular formula is C21H17N3O5. The van der Waals surface area contributed by atoms with E-state index in [0.717, 1.165) is 15.8 Å². The topological polar surface area (TPSA) is 93.0 Å². The number of rotatable bonds is 4. The lowest BCUT2D eigenvalue weighted by atomic mass is 9.97. The molecule has 8 nitrogen and oxygen atoms in total. The molecule has 2 aliphatic heterocycles. The average molecular weight is 391 g/mol. The molecule has 3 aromatic rings. The third kappa shape index (κ3) is 3.02. The van der Waals surface area contributed by atoms with Crippen molar-refractivity contribution in [1.29, 1.82) is 0 Å². The van der Waals surface area contributed by atoms with Crippen molar-refractivity contribution >= 4 is 28.8 Å². The highest BCUT2D eigenvalue weighted by Gasteiger charge is 2.38. The van der Waals surface area contributed by atoms with Gasteiger partial charge in [-0.25, -0.2) is 9.69 Å². The van der Waals surface area contributed by atoms with E-state index in [9.17, 15) is 14.4 Å². The molecule has 2 aliphatic rings. The molecule has 0 unspecified atom stereocenters. The Kier molecular flexibility index (Phi) is 4.04. The lowest BCUT2D eigenvalue weighted by Crippen LogP contribution is -2.54. The van der Waals surface area contributed by atoms with Gasteiger partial charge in [0.05, 0.1) is 5.39 Å². The molecule has 0 spiro atoms. The van der Waals surface area contributed by atoms with Gasteiger partial charge in [0.15, 0.2) is 12.4 Å². The fourth-order valence-corrected chi connectivity index (χ4v) is 3.72. The van der Waals surface area contributed by atoms with Gasteiger partial charge in [-0.2, -0.15) is 0 Å². The van der Waals surface area contributed by atoms with E-state index in [1.165, 1.54) is 0 Å². The molecule has 2 fully saturated rings. The van der Waals surface area contributed by atoms with Crippen molar-refractivity contribution in [1.82, 2.24) is 15.0 Å². The van der Waals surface area contributed by atoms with Crippen LogP contribution in [-0.2, 0) is 9.53 Å². The molecule has 0 N–H and O–H groups in total. The van der Waals surface area contributed by atoms with E-state index in [4.69, 9.17) is 9.26 Å². The Bertz CT molecular complexity index is 1100. The molecule has 29 heavy (non-hydrogen) atoms. The molecule has 0 bridgehead atoms. The van der Waals surface area contributed by atoms with E-state index in [0.29, 0.717) is 29.9 Å². The molecule has 3 heterocycles. The minimum atomic E-state index is -0.605. The minimum Gasteiger partial charge on any atom is -0.439 e. The maximum absolute atomic E-state index is 12.9. The lowest BCUT2D eigenvalue weighted by molar-refractivity contribution is -0.126. The number of amides is 3. The zero-order valence-corrected chi connectivity index (χ0v) is 15.4. The van der Waals surface area contributed by atoms with Crippen LogP contribution in [0.1, 0.15) is 10.4 Å². The van der Waals surface area contributed by atoms with Gasteiger partial charge in [0.2, 0.25) is 0 Å². The largest absolute Gasteiger partial charge is 0.439 e. The first-order chi connectivity index (χ1) is 14.1. The first kappa shape index (κ1) is 17.4. The average Bonchev–Trinajstić information content (AvgIpc) is 3.27. The second-order valence-electron chi connectivity index (χ2n) is 7.24. The molecule has 0 aliphatic carbocycles. The van der Waals surface area contributed by atoms with Gasteiger partial charge >= 0.3 is 6.09 Å². The number of carbonyl (C=O) groups excluding carboxylic acids is 3. The molecule has 2 saturated heterocycles. The van der Waals surface area contributed by atoms with Crippen LogP contribution in [-0.4, -0.2) is 59.1 Å². The summed E-state index contributed by atoms with van der Waals surface area (Å²) in [7, 11) is 0. The van der Waals surface area contributed by atoms with Gasteiger partial charge in [0.1, 0.15) is 5.52 Å². The summed E-state index contributed by atoms with van der Waals surface area (Å²) in [5.41, 5.74) is 2.13. The minimum absolute atomic E-state index is 0.0627. The summed E-state index contributed by atoms with van der Waals surface area (Å²) in [4.78, 5) is 38.8. The van der Waals surface area contributed by atoms with E-state index >= 15 is 0 Å². The molecule has 3 amide bonds. The van der Waals surface area contributed by atoms with Crippen LogP contribution in [0.3, 0.4) is 0 Å². The van der Waals surface area contributed by atoms with Crippen molar-refractivity contribution < 1.29 is 23.6 Å². The summed E-state index contributed by atoms with van der Waals surface area (Å²) in [5.74, 6) is 0.264. The summed E-state index contributed by atoms with van der Waals surface area (Å²) in [6, 6.07) is 14.9. The zero-order chi connectivity index (χ0) is 20.0. The number of cyclic esters (lactones) is 1. The second-order valence-corrected chi connectivity index (χ2v) is 7.24.